The fraction of sp³-hybridized carbons (Fsp3) is 0.263. The van der Waals surface area contributed by atoms with Gasteiger partial charge in [0.25, 0.3) is 5.91 Å². The van der Waals surface area contributed by atoms with Crippen LogP contribution in [0.1, 0.15) is 12.5 Å². The van der Waals surface area contributed by atoms with Crippen molar-refractivity contribution in [2.45, 2.75) is 19.8 Å². The molecule has 156 valence electrons. The molecule has 0 aliphatic carbocycles. The Labute approximate surface area is 165 Å². The van der Waals surface area contributed by atoms with Gasteiger partial charge in [0, 0.05) is 12.2 Å². The van der Waals surface area contributed by atoms with Gasteiger partial charge in [0.05, 0.1) is 6.54 Å². The van der Waals surface area contributed by atoms with Gasteiger partial charge in [-0.05, 0) is 48.9 Å². The van der Waals surface area contributed by atoms with Gasteiger partial charge in [-0.15, -0.1) is 13.2 Å². The van der Waals surface area contributed by atoms with Crippen LogP contribution in [0, 0.1) is 0 Å². The number of carbonyl (C=O) groups is 1. The lowest BCUT2D eigenvalue weighted by atomic mass is 10.2. The van der Waals surface area contributed by atoms with E-state index in [9.17, 15) is 18.0 Å². The van der Waals surface area contributed by atoms with E-state index >= 15 is 0 Å². The highest BCUT2D eigenvalue weighted by Gasteiger charge is 2.30. The standard InChI is InChI=1S/C19H21F3N4O3/c1-2-24-17(27)12-28-16-5-3-4-13(10-16)11-25-18(23)26-14-6-8-15(9-7-14)29-19(20,21)22/h3-10H,2,11-12H2,1H3,(H,24,27)(H3,23,25,26). The second-order valence-corrected chi connectivity index (χ2v) is 5.79. The van der Waals surface area contributed by atoms with Gasteiger partial charge >= 0.3 is 6.36 Å². The number of guanidine groups is 1. The molecule has 2 aromatic carbocycles. The molecule has 29 heavy (non-hydrogen) atoms. The molecule has 0 bridgehead atoms. The third-order valence-electron chi connectivity index (χ3n) is 3.43. The number of likely N-dealkylation sites (N-methyl/N-ethyl adjacent to an activating group) is 1. The Morgan fingerprint density at radius 3 is 2.52 bits per heavy atom. The first-order valence-electron chi connectivity index (χ1n) is 8.66. The molecule has 0 aromatic heterocycles. The van der Waals surface area contributed by atoms with Crippen LogP contribution >= 0.6 is 0 Å². The molecular formula is C19H21F3N4O3. The number of benzene rings is 2. The number of nitrogens with one attached hydrogen (secondary N) is 2. The summed E-state index contributed by atoms with van der Waals surface area (Å²) in [5.74, 6) is 0.0675. The number of nitrogens with zero attached hydrogens (tertiary/aromatic N) is 1. The Morgan fingerprint density at radius 1 is 1.14 bits per heavy atom. The van der Waals surface area contributed by atoms with Gasteiger partial charge in [-0.3, -0.25) is 4.79 Å². The van der Waals surface area contributed by atoms with Crippen LogP contribution in [0.25, 0.3) is 0 Å². The zero-order valence-corrected chi connectivity index (χ0v) is 15.6. The van der Waals surface area contributed by atoms with Crippen molar-refractivity contribution >= 4 is 17.6 Å². The van der Waals surface area contributed by atoms with Crippen molar-refractivity contribution in [1.29, 1.82) is 0 Å². The summed E-state index contributed by atoms with van der Waals surface area (Å²) in [5.41, 5.74) is 7.07. The lowest BCUT2D eigenvalue weighted by molar-refractivity contribution is -0.274. The normalized spacial score (nSPS) is 11.7. The fourth-order valence-corrected chi connectivity index (χ4v) is 2.23. The van der Waals surface area contributed by atoms with E-state index in [0.29, 0.717) is 18.0 Å². The molecule has 0 spiro atoms. The molecule has 0 fully saturated rings. The highest BCUT2D eigenvalue weighted by molar-refractivity contribution is 5.92. The Balaban J connectivity index is 1.89. The topological polar surface area (TPSA) is 98.0 Å². The third kappa shape index (κ3) is 8.41. The van der Waals surface area contributed by atoms with Crippen molar-refractivity contribution in [3.63, 3.8) is 0 Å². The summed E-state index contributed by atoms with van der Waals surface area (Å²) < 4.78 is 45.7. The fourth-order valence-electron chi connectivity index (χ4n) is 2.23. The van der Waals surface area contributed by atoms with E-state index in [0.717, 1.165) is 5.56 Å². The predicted octanol–water partition coefficient (Wildman–Crippen LogP) is 3.03. The van der Waals surface area contributed by atoms with Crippen molar-refractivity contribution < 1.29 is 27.4 Å². The number of hydrogen-bond donors (Lipinski definition) is 3. The molecule has 2 rings (SSSR count). The molecule has 7 nitrogen and oxygen atoms in total. The molecule has 0 unspecified atom stereocenters. The van der Waals surface area contributed by atoms with Gasteiger partial charge in [-0.25, -0.2) is 4.99 Å². The first-order valence-corrected chi connectivity index (χ1v) is 8.66. The molecule has 0 aliphatic heterocycles. The first-order chi connectivity index (χ1) is 13.7. The molecule has 1 amide bonds. The molecule has 2 aromatic rings. The summed E-state index contributed by atoms with van der Waals surface area (Å²) >= 11 is 0. The number of nitrogens with two attached hydrogens (primary N) is 1. The maximum Gasteiger partial charge on any atom is 0.573 e. The molecule has 0 saturated carbocycles. The van der Waals surface area contributed by atoms with E-state index in [1.54, 1.807) is 18.2 Å². The SMILES string of the molecule is CCNC(=O)COc1cccc(CN=C(N)Nc2ccc(OC(F)(F)F)cc2)c1. The lowest BCUT2D eigenvalue weighted by Crippen LogP contribution is -2.28. The van der Waals surface area contributed by atoms with Crippen molar-refractivity contribution in [3.05, 3.63) is 54.1 Å². The minimum Gasteiger partial charge on any atom is -0.484 e. The Bertz CT molecular complexity index is 839. The van der Waals surface area contributed by atoms with Crippen molar-refractivity contribution in [2.75, 3.05) is 18.5 Å². The van der Waals surface area contributed by atoms with Crippen LogP contribution in [-0.2, 0) is 11.3 Å². The smallest absolute Gasteiger partial charge is 0.484 e. The zero-order chi connectivity index (χ0) is 21.3. The lowest BCUT2D eigenvalue weighted by Gasteiger charge is -2.10. The maximum absolute atomic E-state index is 12.2. The van der Waals surface area contributed by atoms with Crippen LogP contribution in [0.5, 0.6) is 11.5 Å². The summed E-state index contributed by atoms with van der Waals surface area (Å²) in [5, 5.41) is 5.41. The molecule has 0 radical (unpaired) electrons. The highest BCUT2D eigenvalue weighted by atomic mass is 19.4. The largest absolute Gasteiger partial charge is 0.573 e. The summed E-state index contributed by atoms with van der Waals surface area (Å²) in [4.78, 5) is 15.6. The number of carbonyl (C=O) groups excluding carboxylic acids is 1. The number of ether oxygens (including phenoxy) is 2. The second kappa shape index (κ2) is 10.2. The monoisotopic (exact) mass is 410 g/mol. The van der Waals surface area contributed by atoms with Gasteiger partial charge in [-0.1, -0.05) is 12.1 Å². The van der Waals surface area contributed by atoms with Crippen LogP contribution in [0.3, 0.4) is 0 Å². The summed E-state index contributed by atoms with van der Waals surface area (Å²) in [6.45, 7) is 2.51. The van der Waals surface area contributed by atoms with Crippen LogP contribution in [0.2, 0.25) is 0 Å². The predicted molar refractivity (Wildman–Crippen MR) is 103 cm³/mol. The van der Waals surface area contributed by atoms with E-state index in [1.807, 2.05) is 13.0 Å². The van der Waals surface area contributed by atoms with Crippen LogP contribution in [-0.4, -0.2) is 31.4 Å². The van der Waals surface area contributed by atoms with Crippen molar-refractivity contribution in [1.82, 2.24) is 5.32 Å². The Hall–Kier alpha value is -3.43. The van der Waals surface area contributed by atoms with Crippen LogP contribution < -0.4 is 25.8 Å². The third-order valence-corrected chi connectivity index (χ3v) is 3.43. The number of hydrogen-bond acceptors (Lipinski definition) is 4. The average molecular weight is 410 g/mol. The highest BCUT2D eigenvalue weighted by Crippen LogP contribution is 2.23. The minimum absolute atomic E-state index is 0.0850. The maximum atomic E-state index is 12.2. The summed E-state index contributed by atoms with van der Waals surface area (Å²) in [7, 11) is 0. The molecule has 0 saturated heterocycles. The molecule has 0 aliphatic rings. The summed E-state index contributed by atoms with van der Waals surface area (Å²) in [6, 6.07) is 12.1. The van der Waals surface area contributed by atoms with E-state index in [1.165, 1.54) is 24.3 Å². The van der Waals surface area contributed by atoms with Gasteiger partial charge in [0.1, 0.15) is 11.5 Å². The number of amides is 1. The number of alkyl halides is 3. The Morgan fingerprint density at radius 2 is 1.86 bits per heavy atom. The molecular weight excluding hydrogens is 389 g/mol. The Kier molecular flexibility index (Phi) is 7.70. The van der Waals surface area contributed by atoms with E-state index in [2.05, 4.69) is 20.4 Å². The molecule has 0 heterocycles. The number of halogens is 3. The number of anilines is 1. The number of aliphatic imine (C=N–C) groups is 1. The van der Waals surface area contributed by atoms with E-state index in [-0.39, 0.29) is 30.8 Å². The molecule has 4 N–H and O–H groups in total. The van der Waals surface area contributed by atoms with Crippen molar-refractivity contribution in [3.8, 4) is 11.5 Å². The van der Waals surface area contributed by atoms with Gasteiger partial charge in [-0.2, -0.15) is 0 Å². The van der Waals surface area contributed by atoms with Crippen molar-refractivity contribution in [2.24, 2.45) is 10.7 Å². The molecule has 10 heteroatoms. The molecule has 0 atom stereocenters. The number of rotatable bonds is 8. The zero-order valence-electron chi connectivity index (χ0n) is 15.6. The minimum atomic E-state index is -4.74. The van der Waals surface area contributed by atoms with E-state index < -0.39 is 6.36 Å². The first kappa shape index (κ1) is 21.9. The average Bonchev–Trinajstić information content (AvgIpc) is 2.66. The quantitative estimate of drug-likeness (QED) is 0.459. The van der Waals surface area contributed by atoms with Gasteiger partial charge in [0.15, 0.2) is 12.6 Å². The van der Waals surface area contributed by atoms with Crippen LogP contribution in [0.15, 0.2) is 53.5 Å². The van der Waals surface area contributed by atoms with Crippen LogP contribution in [0.4, 0.5) is 18.9 Å². The van der Waals surface area contributed by atoms with E-state index in [4.69, 9.17) is 10.5 Å². The second-order valence-electron chi connectivity index (χ2n) is 5.79. The van der Waals surface area contributed by atoms with Gasteiger partial charge < -0.3 is 25.8 Å². The summed E-state index contributed by atoms with van der Waals surface area (Å²) in [6.07, 6.45) is -4.74. The van der Waals surface area contributed by atoms with Gasteiger partial charge in [0.2, 0.25) is 0 Å².